The van der Waals surface area contributed by atoms with Crippen molar-refractivity contribution in [3.63, 3.8) is 0 Å². The maximum absolute atomic E-state index is 13.0. The van der Waals surface area contributed by atoms with Gasteiger partial charge in [-0.15, -0.1) is 12.4 Å². The molecule has 3 rings (SSSR count). The van der Waals surface area contributed by atoms with Crippen molar-refractivity contribution in [3.05, 3.63) is 44.6 Å². The number of rotatable bonds is 4. The van der Waals surface area contributed by atoms with Crippen molar-refractivity contribution in [2.75, 3.05) is 32.8 Å². The van der Waals surface area contributed by atoms with Crippen LogP contribution in [0.15, 0.2) is 29.1 Å². The van der Waals surface area contributed by atoms with Crippen LogP contribution in [0.5, 0.6) is 0 Å². The monoisotopic (exact) mass is 344 g/mol. The first-order valence-electron chi connectivity index (χ1n) is 7.00. The molecule has 1 aliphatic heterocycles. The highest BCUT2D eigenvalue weighted by molar-refractivity contribution is 7.09. The lowest BCUT2D eigenvalue weighted by molar-refractivity contribution is 0.0385. The Morgan fingerprint density at radius 3 is 2.59 bits per heavy atom. The zero-order valence-corrected chi connectivity index (χ0v) is 13.6. The lowest BCUT2D eigenvalue weighted by Crippen LogP contribution is -2.37. The predicted octanol–water partition coefficient (Wildman–Crippen LogP) is 2.54. The second-order valence-electron chi connectivity index (χ2n) is 5.02. The van der Waals surface area contributed by atoms with Crippen LogP contribution in [0.1, 0.15) is 4.88 Å². The maximum Gasteiger partial charge on any atom is 0.305 e. The van der Waals surface area contributed by atoms with Crippen molar-refractivity contribution in [1.29, 1.82) is 0 Å². The Kier molecular flexibility index (Phi) is 6.14. The fourth-order valence-corrected chi connectivity index (χ4v) is 3.31. The first kappa shape index (κ1) is 17.1. The fraction of sp³-hybridized carbons (Fsp3) is 0.400. The lowest BCUT2D eigenvalue weighted by Gasteiger charge is -2.26. The van der Waals surface area contributed by atoms with Crippen LogP contribution >= 0.6 is 23.7 Å². The third-order valence-corrected chi connectivity index (χ3v) is 4.56. The number of morpholine rings is 1. The topological polar surface area (TPSA) is 45.3 Å². The summed E-state index contributed by atoms with van der Waals surface area (Å²) in [6, 6.07) is 6.23. The summed E-state index contributed by atoms with van der Waals surface area (Å²) in [5, 5.41) is 0. The van der Waals surface area contributed by atoms with Gasteiger partial charge in [-0.3, -0.25) is 9.69 Å². The molecule has 1 saturated heterocycles. The Morgan fingerprint density at radius 1 is 1.23 bits per heavy atom. The van der Waals surface area contributed by atoms with Crippen LogP contribution in [0.25, 0.3) is 11.3 Å². The molecule has 0 unspecified atom stereocenters. The summed E-state index contributed by atoms with van der Waals surface area (Å²) in [6.07, 6.45) is 0.816. The number of ether oxygens (including phenoxy) is 1. The van der Waals surface area contributed by atoms with E-state index in [1.54, 1.807) is 12.1 Å². The molecule has 0 amide bonds. The Bertz CT molecular complexity index is 650. The molecule has 0 radical (unpaired) electrons. The van der Waals surface area contributed by atoms with Gasteiger partial charge in [-0.05, 0) is 36.2 Å². The molecule has 4 nitrogen and oxygen atoms in total. The zero-order valence-electron chi connectivity index (χ0n) is 12.0. The molecular weight excluding hydrogens is 327 g/mol. The SMILES string of the molecule is Cl.O=c1[nH]c(-c2ccc(F)cc2)c(CCN2CCOCC2)s1. The van der Waals surface area contributed by atoms with Gasteiger partial charge in [0.05, 0.1) is 18.9 Å². The largest absolute Gasteiger partial charge is 0.379 e. The minimum Gasteiger partial charge on any atom is -0.379 e. The average Bonchev–Trinajstić information content (AvgIpc) is 2.88. The van der Waals surface area contributed by atoms with Gasteiger partial charge >= 0.3 is 4.87 Å². The number of thiazole rings is 1. The molecule has 2 aromatic rings. The molecule has 0 saturated carbocycles. The lowest BCUT2D eigenvalue weighted by atomic mass is 10.1. The first-order chi connectivity index (χ1) is 10.2. The van der Waals surface area contributed by atoms with E-state index in [2.05, 4.69) is 9.88 Å². The molecule has 0 atom stereocenters. The summed E-state index contributed by atoms with van der Waals surface area (Å²) in [4.78, 5) is 17.8. The van der Waals surface area contributed by atoms with Crippen LogP contribution in [0.2, 0.25) is 0 Å². The van der Waals surface area contributed by atoms with E-state index in [9.17, 15) is 9.18 Å². The highest BCUT2D eigenvalue weighted by atomic mass is 35.5. The molecule has 1 fully saturated rings. The van der Waals surface area contributed by atoms with Crippen molar-refractivity contribution in [3.8, 4) is 11.3 Å². The molecule has 7 heteroatoms. The molecule has 1 aromatic heterocycles. The number of halogens is 2. The summed E-state index contributed by atoms with van der Waals surface area (Å²) in [6.45, 7) is 4.32. The number of hydrogen-bond donors (Lipinski definition) is 1. The van der Waals surface area contributed by atoms with E-state index < -0.39 is 0 Å². The van der Waals surface area contributed by atoms with Crippen LogP contribution in [-0.4, -0.2) is 42.7 Å². The first-order valence-corrected chi connectivity index (χ1v) is 7.82. The number of aromatic amines is 1. The van der Waals surface area contributed by atoms with Crippen LogP contribution in [0.3, 0.4) is 0 Å². The van der Waals surface area contributed by atoms with E-state index in [1.807, 2.05) is 0 Å². The van der Waals surface area contributed by atoms with Gasteiger partial charge in [-0.2, -0.15) is 0 Å². The van der Waals surface area contributed by atoms with Gasteiger partial charge in [0.25, 0.3) is 0 Å². The second-order valence-corrected chi connectivity index (χ2v) is 6.09. The summed E-state index contributed by atoms with van der Waals surface area (Å²) < 4.78 is 18.3. The number of aromatic nitrogens is 1. The standard InChI is InChI=1S/C15H17FN2O2S.ClH/c16-12-3-1-11(2-4-12)14-13(21-15(19)17-14)5-6-18-7-9-20-10-8-18;/h1-4H,5-10H2,(H,17,19);1H. The highest BCUT2D eigenvalue weighted by Crippen LogP contribution is 2.24. The molecule has 1 aliphatic rings. The number of H-pyrrole nitrogens is 1. The van der Waals surface area contributed by atoms with Gasteiger partial charge in [0.1, 0.15) is 5.82 Å². The Morgan fingerprint density at radius 2 is 1.91 bits per heavy atom. The third kappa shape index (κ3) is 4.16. The summed E-state index contributed by atoms with van der Waals surface area (Å²) in [5.74, 6) is -0.272. The molecule has 1 N–H and O–H groups in total. The van der Waals surface area contributed by atoms with Crippen molar-refractivity contribution >= 4 is 23.7 Å². The van der Waals surface area contributed by atoms with Gasteiger partial charge in [0.15, 0.2) is 0 Å². The van der Waals surface area contributed by atoms with E-state index >= 15 is 0 Å². The van der Waals surface area contributed by atoms with Crippen LogP contribution in [-0.2, 0) is 11.2 Å². The smallest absolute Gasteiger partial charge is 0.305 e. The fourth-order valence-electron chi connectivity index (χ4n) is 2.47. The molecule has 2 heterocycles. The van der Waals surface area contributed by atoms with Crippen LogP contribution in [0.4, 0.5) is 4.39 Å². The summed E-state index contributed by atoms with van der Waals surface area (Å²) >= 11 is 1.24. The third-order valence-electron chi connectivity index (χ3n) is 3.61. The van der Waals surface area contributed by atoms with Gasteiger partial charge in [-0.25, -0.2) is 4.39 Å². The van der Waals surface area contributed by atoms with Gasteiger partial charge in [0, 0.05) is 24.5 Å². The normalized spacial score (nSPS) is 15.5. The van der Waals surface area contributed by atoms with Crippen molar-refractivity contribution in [2.24, 2.45) is 0 Å². The van der Waals surface area contributed by atoms with E-state index in [-0.39, 0.29) is 23.1 Å². The van der Waals surface area contributed by atoms with Crippen LogP contribution < -0.4 is 4.87 Å². The molecule has 0 aliphatic carbocycles. The van der Waals surface area contributed by atoms with E-state index in [0.29, 0.717) is 0 Å². The molecule has 1 aromatic carbocycles. The summed E-state index contributed by atoms with van der Waals surface area (Å²) in [5.41, 5.74) is 1.67. The predicted molar refractivity (Wildman–Crippen MR) is 88.5 cm³/mol. The Hall–Kier alpha value is -1.21. The second kappa shape index (κ2) is 7.87. The van der Waals surface area contributed by atoms with Gasteiger partial charge in [-0.1, -0.05) is 11.3 Å². The summed E-state index contributed by atoms with van der Waals surface area (Å²) in [7, 11) is 0. The number of nitrogens with one attached hydrogen (secondary N) is 1. The highest BCUT2D eigenvalue weighted by Gasteiger charge is 2.14. The molecule has 0 spiro atoms. The molecular formula is C15H18ClFN2O2S. The van der Waals surface area contributed by atoms with Crippen molar-refractivity contribution in [1.82, 2.24) is 9.88 Å². The zero-order chi connectivity index (χ0) is 14.7. The Labute approximate surface area is 138 Å². The van der Waals surface area contributed by atoms with E-state index in [0.717, 1.165) is 55.4 Å². The van der Waals surface area contributed by atoms with E-state index in [1.165, 1.54) is 23.5 Å². The average molecular weight is 345 g/mol. The molecule has 0 bridgehead atoms. The molecule has 120 valence electrons. The van der Waals surface area contributed by atoms with Crippen LogP contribution in [0, 0.1) is 5.82 Å². The maximum atomic E-state index is 13.0. The number of nitrogens with zero attached hydrogens (tertiary/aromatic N) is 1. The van der Waals surface area contributed by atoms with Crippen molar-refractivity contribution < 1.29 is 9.13 Å². The quantitative estimate of drug-likeness (QED) is 0.927. The number of benzene rings is 1. The van der Waals surface area contributed by atoms with Gasteiger partial charge in [0.2, 0.25) is 0 Å². The van der Waals surface area contributed by atoms with Gasteiger partial charge < -0.3 is 9.72 Å². The van der Waals surface area contributed by atoms with E-state index in [4.69, 9.17) is 4.74 Å². The Balaban J connectivity index is 0.00000176. The minimum atomic E-state index is -0.272. The number of hydrogen-bond acceptors (Lipinski definition) is 4. The molecule has 22 heavy (non-hydrogen) atoms. The van der Waals surface area contributed by atoms with Crippen molar-refractivity contribution in [2.45, 2.75) is 6.42 Å². The minimum absolute atomic E-state index is 0.